The first-order valence-corrected chi connectivity index (χ1v) is 12.6. The molecular formula is C23H20ClNO5S2. The van der Waals surface area contributed by atoms with E-state index >= 15 is 0 Å². The number of amides is 1. The van der Waals surface area contributed by atoms with Gasteiger partial charge in [0.1, 0.15) is 0 Å². The lowest BCUT2D eigenvalue weighted by molar-refractivity contribution is -0.140. The van der Waals surface area contributed by atoms with E-state index in [0.717, 1.165) is 4.90 Å². The molecule has 1 unspecified atom stereocenters. The summed E-state index contributed by atoms with van der Waals surface area (Å²) in [6.45, 7) is 0. The second kappa shape index (κ2) is 10.7. The minimum atomic E-state index is -3.83. The van der Waals surface area contributed by atoms with E-state index in [-0.39, 0.29) is 16.6 Å². The molecule has 3 aromatic rings. The second-order valence-electron chi connectivity index (χ2n) is 6.93. The summed E-state index contributed by atoms with van der Waals surface area (Å²) >= 11 is 7.12. The van der Waals surface area contributed by atoms with Gasteiger partial charge in [-0.2, -0.15) is 0 Å². The summed E-state index contributed by atoms with van der Waals surface area (Å²) in [6, 6.07) is 21.2. The predicted octanol–water partition coefficient (Wildman–Crippen LogP) is 4.86. The molecule has 1 amide bonds. The zero-order chi connectivity index (χ0) is 23.1. The number of carbonyl (C=O) groups excluding carboxylic acids is 1. The third-order valence-corrected chi connectivity index (χ3v) is 7.80. The number of hydrogen-bond acceptors (Lipinski definition) is 5. The van der Waals surface area contributed by atoms with Gasteiger partial charge in [-0.1, -0.05) is 29.8 Å². The number of sulfone groups is 1. The van der Waals surface area contributed by atoms with Crippen molar-refractivity contribution in [3.63, 3.8) is 0 Å². The third kappa shape index (κ3) is 6.59. The number of nitrogens with one attached hydrogen (secondary N) is 1. The summed E-state index contributed by atoms with van der Waals surface area (Å²) in [6.07, 6.45) is 0. The standard InChI is InChI=1S/C23H20ClNO5S2/c24-18-8-6-16(7-9-18)22(26)25-19-10-12-21(13-11-19)32(29,30)15-17(23(27)28)14-31-20-4-2-1-3-5-20/h1-13,17H,14-15H2,(H,25,26)(H,27,28). The van der Waals surface area contributed by atoms with Gasteiger partial charge >= 0.3 is 5.97 Å². The molecule has 0 radical (unpaired) electrons. The molecule has 166 valence electrons. The molecule has 0 fully saturated rings. The summed E-state index contributed by atoms with van der Waals surface area (Å²) in [5.41, 5.74) is 0.824. The topological polar surface area (TPSA) is 101 Å². The van der Waals surface area contributed by atoms with E-state index in [1.165, 1.54) is 36.0 Å². The Morgan fingerprint density at radius 3 is 2.16 bits per heavy atom. The molecule has 3 aromatic carbocycles. The Labute approximate surface area is 195 Å². The molecule has 0 aliphatic rings. The zero-order valence-electron chi connectivity index (χ0n) is 16.8. The van der Waals surface area contributed by atoms with Gasteiger partial charge in [0.15, 0.2) is 9.84 Å². The van der Waals surface area contributed by atoms with Gasteiger partial charge in [0, 0.05) is 26.9 Å². The van der Waals surface area contributed by atoms with Crippen molar-refractivity contribution >= 4 is 50.8 Å². The fourth-order valence-corrected chi connectivity index (χ4v) is 5.63. The van der Waals surface area contributed by atoms with Crippen LogP contribution in [0.2, 0.25) is 5.02 Å². The molecule has 3 rings (SSSR count). The van der Waals surface area contributed by atoms with Crippen molar-refractivity contribution in [3.05, 3.63) is 89.4 Å². The average Bonchev–Trinajstić information content (AvgIpc) is 2.78. The van der Waals surface area contributed by atoms with Crippen LogP contribution >= 0.6 is 23.4 Å². The van der Waals surface area contributed by atoms with E-state index in [9.17, 15) is 23.1 Å². The normalized spacial score (nSPS) is 12.2. The number of anilines is 1. The van der Waals surface area contributed by atoms with E-state index in [0.29, 0.717) is 16.3 Å². The van der Waals surface area contributed by atoms with E-state index in [4.69, 9.17) is 11.6 Å². The highest BCUT2D eigenvalue weighted by Crippen LogP contribution is 2.24. The first-order valence-electron chi connectivity index (χ1n) is 9.55. The number of hydrogen-bond donors (Lipinski definition) is 2. The smallest absolute Gasteiger partial charge is 0.308 e. The van der Waals surface area contributed by atoms with Gasteiger partial charge in [-0.15, -0.1) is 11.8 Å². The van der Waals surface area contributed by atoms with E-state index in [1.807, 2.05) is 30.3 Å². The number of benzene rings is 3. The van der Waals surface area contributed by atoms with Gasteiger partial charge in [0.2, 0.25) is 0 Å². The van der Waals surface area contributed by atoms with Gasteiger partial charge < -0.3 is 10.4 Å². The van der Waals surface area contributed by atoms with Crippen LogP contribution in [-0.2, 0) is 14.6 Å². The minimum Gasteiger partial charge on any atom is -0.481 e. The maximum atomic E-state index is 12.8. The Hall–Kier alpha value is -2.81. The van der Waals surface area contributed by atoms with Gasteiger partial charge in [0.25, 0.3) is 5.91 Å². The Morgan fingerprint density at radius 2 is 1.56 bits per heavy atom. The maximum absolute atomic E-state index is 12.8. The highest BCUT2D eigenvalue weighted by atomic mass is 35.5. The molecule has 0 aromatic heterocycles. The molecule has 32 heavy (non-hydrogen) atoms. The molecule has 0 aliphatic carbocycles. The number of carbonyl (C=O) groups is 2. The van der Waals surface area contributed by atoms with E-state index in [1.54, 1.807) is 24.3 Å². The molecular weight excluding hydrogens is 470 g/mol. The van der Waals surface area contributed by atoms with Crippen molar-refractivity contribution in [2.24, 2.45) is 5.92 Å². The number of aliphatic carboxylic acids is 1. The van der Waals surface area contributed by atoms with Crippen molar-refractivity contribution in [1.29, 1.82) is 0 Å². The summed E-state index contributed by atoms with van der Waals surface area (Å²) in [5.74, 6) is -2.97. The van der Waals surface area contributed by atoms with Crippen molar-refractivity contribution in [2.45, 2.75) is 9.79 Å². The molecule has 0 saturated heterocycles. The second-order valence-corrected chi connectivity index (χ2v) is 10.5. The summed E-state index contributed by atoms with van der Waals surface area (Å²) in [5, 5.41) is 12.7. The lowest BCUT2D eigenvalue weighted by Crippen LogP contribution is -2.26. The number of halogens is 1. The van der Waals surface area contributed by atoms with Gasteiger partial charge in [-0.3, -0.25) is 9.59 Å². The SMILES string of the molecule is O=C(Nc1ccc(S(=O)(=O)CC(CSc2ccccc2)C(=O)O)cc1)c1ccc(Cl)cc1. The summed E-state index contributed by atoms with van der Waals surface area (Å²) in [4.78, 5) is 24.8. The quantitative estimate of drug-likeness (QED) is 0.416. The molecule has 9 heteroatoms. The number of carboxylic acid groups (broad SMARTS) is 1. The van der Waals surface area contributed by atoms with Gasteiger partial charge in [0.05, 0.1) is 16.6 Å². The lowest BCUT2D eigenvalue weighted by Gasteiger charge is -2.13. The number of carboxylic acids is 1. The molecule has 0 spiro atoms. The van der Waals surface area contributed by atoms with Crippen LogP contribution in [0.4, 0.5) is 5.69 Å². The summed E-state index contributed by atoms with van der Waals surface area (Å²) in [7, 11) is -3.83. The van der Waals surface area contributed by atoms with Crippen LogP contribution < -0.4 is 5.32 Å². The van der Waals surface area contributed by atoms with Crippen LogP contribution in [0.3, 0.4) is 0 Å². The third-order valence-electron chi connectivity index (χ3n) is 4.54. The maximum Gasteiger partial charge on any atom is 0.308 e. The highest BCUT2D eigenvalue weighted by molar-refractivity contribution is 7.99. The zero-order valence-corrected chi connectivity index (χ0v) is 19.2. The predicted molar refractivity (Wildman–Crippen MR) is 126 cm³/mol. The Kier molecular flexibility index (Phi) is 7.95. The van der Waals surface area contributed by atoms with Gasteiger partial charge in [-0.25, -0.2) is 8.42 Å². The van der Waals surface area contributed by atoms with Crippen molar-refractivity contribution in [2.75, 3.05) is 16.8 Å². The average molecular weight is 490 g/mol. The fourth-order valence-electron chi connectivity index (χ4n) is 2.82. The molecule has 2 N–H and O–H groups in total. The van der Waals surface area contributed by atoms with E-state index in [2.05, 4.69) is 5.32 Å². The Morgan fingerprint density at radius 1 is 0.938 bits per heavy atom. The summed E-state index contributed by atoms with van der Waals surface area (Å²) < 4.78 is 25.5. The van der Waals surface area contributed by atoms with Crippen LogP contribution in [0.1, 0.15) is 10.4 Å². The van der Waals surface area contributed by atoms with Crippen LogP contribution in [0.25, 0.3) is 0 Å². The van der Waals surface area contributed by atoms with Gasteiger partial charge in [-0.05, 0) is 60.7 Å². The first-order chi connectivity index (χ1) is 15.2. The van der Waals surface area contributed by atoms with E-state index < -0.39 is 27.5 Å². The minimum absolute atomic E-state index is 0.00190. The Bertz CT molecular complexity index is 1180. The van der Waals surface area contributed by atoms with Crippen molar-refractivity contribution in [1.82, 2.24) is 0 Å². The molecule has 0 heterocycles. The van der Waals surface area contributed by atoms with Crippen LogP contribution in [0.15, 0.2) is 88.7 Å². The largest absolute Gasteiger partial charge is 0.481 e. The van der Waals surface area contributed by atoms with Crippen LogP contribution in [-0.4, -0.2) is 36.9 Å². The van der Waals surface area contributed by atoms with Crippen molar-refractivity contribution in [3.8, 4) is 0 Å². The first kappa shape index (κ1) is 23.8. The van der Waals surface area contributed by atoms with Crippen LogP contribution in [0.5, 0.6) is 0 Å². The molecule has 0 aliphatic heterocycles. The molecule has 0 saturated carbocycles. The Balaban J connectivity index is 1.65. The highest BCUT2D eigenvalue weighted by Gasteiger charge is 2.27. The van der Waals surface area contributed by atoms with Crippen molar-refractivity contribution < 1.29 is 23.1 Å². The molecule has 1 atom stereocenters. The number of rotatable bonds is 9. The van der Waals surface area contributed by atoms with Crippen LogP contribution in [0, 0.1) is 5.92 Å². The molecule has 6 nitrogen and oxygen atoms in total. The fraction of sp³-hybridized carbons (Fsp3) is 0.130. The molecule has 0 bridgehead atoms. The number of thioether (sulfide) groups is 1. The monoisotopic (exact) mass is 489 g/mol. The lowest BCUT2D eigenvalue weighted by atomic mass is 10.2.